The second-order valence-electron chi connectivity index (χ2n) is 2.74. The molecule has 0 bridgehead atoms. The van der Waals surface area contributed by atoms with Crippen LogP contribution in [0.15, 0.2) is 0 Å². The van der Waals surface area contributed by atoms with Crippen molar-refractivity contribution in [3.05, 3.63) is 0 Å². The van der Waals surface area contributed by atoms with E-state index in [2.05, 4.69) is 21.1 Å². The molecule has 3 heteroatoms. The first-order valence-electron chi connectivity index (χ1n) is 2.47. The second kappa shape index (κ2) is 4.77. The Balaban J connectivity index is 0. The van der Waals surface area contributed by atoms with Crippen LogP contribution in [-0.4, -0.2) is 43.9 Å². The van der Waals surface area contributed by atoms with E-state index in [-0.39, 0.29) is 36.2 Å². The van der Waals surface area contributed by atoms with Gasteiger partial charge in [-0.2, -0.15) is 0 Å². The van der Waals surface area contributed by atoms with E-state index in [4.69, 9.17) is 5.11 Å². The van der Waals surface area contributed by atoms with Crippen LogP contribution < -0.4 is 29.6 Å². The first-order chi connectivity index (χ1) is 3.06. The van der Waals surface area contributed by atoms with E-state index in [0.717, 1.165) is 11.0 Å². The fraction of sp³-hybridized carbons (Fsp3) is 1.00. The molecule has 0 saturated heterocycles. The maximum Gasteiger partial charge on any atom is 1.00 e. The Morgan fingerprint density at radius 3 is 1.62 bits per heavy atom. The number of aliphatic hydroxyl groups excluding tert-OH is 1. The van der Waals surface area contributed by atoms with Gasteiger partial charge in [-0.25, -0.2) is 0 Å². The van der Waals surface area contributed by atoms with Gasteiger partial charge in [0.1, 0.15) is 6.54 Å². The van der Waals surface area contributed by atoms with Gasteiger partial charge < -0.3 is 9.59 Å². The monoisotopic (exact) mass is 127 g/mol. The molecule has 44 valence electrons. The normalized spacial score (nSPS) is 10.5. The molecule has 0 aromatic heterocycles. The summed E-state index contributed by atoms with van der Waals surface area (Å²) in [5, 5.41) is 8.39. The van der Waals surface area contributed by atoms with E-state index in [1.54, 1.807) is 0 Å². The number of hydrogen-bond acceptors (Lipinski definition) is 1. The van der Waals surface area contributed by atoms with E-state index >= 15 is 0 Å². The van der Waals surface area contributed by atoms with Crippen LogP contribution in [0, 0.1) is 0 Å². The average molecular weight is 127 g/mol. The van der Waals surface area contributed by atoms with Gasteiger partial charge >= 0.3 is 29.6 Å². The van der Waals surface area contributed by atoms with E-state index in [0.29, 0.717) is 0 Å². The fourth-order valence-corrected chi connectivity index (χ4v) is 0.300. The largest absolute Gasteiger partial charge is 1.00 e. The van der Waals surface area contributed by atoms with Crippen LogP contribution in [0.25, 0.3) is 0 Å². The fourth-order valence-electron chi connectivity index (χ4n) is 0.300. The molecule has 1 N–H and O–H groups in total. The van der Waals surface area contributed by atoms with Gasteiger partial charge in [0.2, 0.25) is 0 Å². The number of hydrogen-bond donors (Lipinski definition) is 1. The maximum atomic E-state index is 8.39. The van der Waals surface area contributed by atoms with Crippen molar-refractivity contribution in [3.63, 3.8) is 0 Å². The standard InChI is InChI=1S/C5H14NO.Na/c1-6(2,3)4-5-7;/h7H,4-5H2,1-3H3;/q2*+1. The molecule has 0 fully saturated rings. The quantitative estimate of drug-likeness (QED) is 0.304. The molecule has 0 aromatic rings. The molecule has 0 aliphatic rings. The van der Waals surface area contributed by atoms with Crippen LogP contribution in [0.4, 0.5) is 0 Å². The van der Waals surface area contributed by atoms with E-state index in [1.807, 2.05) is 0 Å². The first-order valence-corrected chi connectivity index (χ1v) is 2.47. The van der Waals surface area contributed by atoms with E-state index < -0.39 is 0 Å². The van der Waals surface area contributed by atoms with Crippen molar-refractivity contribution in [1.29, 1.82) is 0 Å². The summed E-state index contributed by atoms with van der Waals surface area (Å²) in [7, 11) is 6.16. The first kappa shape index (κ1) is 11.7. The SMILES string of the molecule is C[N+](C)(C)CCO.[Na+]. The molecule has 0 radical (unpaired) electrons. The molecule has 0 aliphatic carbocycles. The molecule has 0 spiro atoms. The minimum Gasteiger partial charge on any atom is -0.391 e. The van der Waals surface area contributed by atoms with Crippen molar-refractivity contribution in [2.24, 2.45) is 0 Å². The molecule has 8 heavy (non-hydrogen) atoms. The number of aliphatic hydroxyl groups is 1. The van der Waals surface area contributed by atoms with Gasteiger partial charge in [-0.05, 0) is 0 Å². The van der Waals surface area contributed by atoms with Gasteiger partial charge in [0, 0.05) is 0 Å². The number of nitrogens with zero attached hydrogens (tertiary/aromatic N) is 1. The molecule has 0 heterocycles. The Kier molecular flexibility index (Phi) is 6.96. The predicted octanol–water partition coefficient (Wildman–Crippen LogP) is -3.31. The zero-order chi connectivity index (χ0) is 5.91. The smallest absolute Gasteiger partial charge is 0.391 e. The Bertz CT molecular complexity index is 50.9. The molecular formula is C5H14NNaO+2. The summed E-state index contributed by atoms with van der Waals surface area (Å²) in [4.78, 5) is 0. The molecule has 0 aliphatic heterocycles. The van der Waals surface area contributed by atoms with Crippen molar-refractivity contribution < 1.29 is 39.1 Å². The number of rotatable bonds is 2. The number of likely N-dealkylation sites (N-methyl/N-ethyl adjacent to an activating group) is 1. The number of quaternary nitrogens is 1. The molecule has 0 amide bonds. The predicted molar refractivity (Wildman–Crippen MR) is 30.0 cm³/mol. The topological polar surface area (TPSA) is 20.2 Å². The van der Waals surface area contributed by atoms with Crippen molar-refractivity contribution >= 4 is 0 Å². The Morgan fingerprint density at radius 1 is 1.25 bits per heavy atom. The van der Waals surface area contributed by atoms with Crippen molar-refractivity contribution in [2.45, 2.75) is 0 Å². The van der Waals surface area contributed by atoms with Crippen LogP contribution in [-0.2, 0) is 0 Å². The minimum absolute atomic E-state index is 0. The van der Waals surface area contributed by atoms with Gasteiger partial charge in [0.25, 0.3) is 0 Å². The molecule has 2 nitrogen and oxygen atoms in total. The van der Waals surface area contributed by atoms with E-state index in [9.17, 15) is 0 Å². The van der Waals surface area contributed by atoms with Crippen molar-refractivity contribution in [2.75, 3.05) is 34.3 Å². The summed E-state index contributed by atoms with van der Waals surface area (Å²) < 4.78 is 0.844. The Morgan fingerprint density at radius 2 is 1.62 bits per heavy atom. The zero-order valence-electron chi connectivity index (χ0n) is 6.31. The van der Waals surface area contributed by atoms with Crippen molar-refractivity contribution in [1.82, 2.24) is 0 Å². The summed E-state index contributed by atoms with van der Waals surface area (Å²) >= 11 is 0. The molecule has 0 rings (SSSR count). The van der Waals surface area contributed by atoms with Crippen LogP contribution in [0.3, 0.4) is 0 Å². The molecule has 0 unspecified atom stereocenters. The Hall–Kier alpha value is 0.920. The van der Waals surface area contributed by atoms with Gasteiger partial charge in [-0.1, -0.05) is 0 Å². The molecular weight excluding hydrogens is 113 g/mol. The maximum absolute atomic E-state index is 8.39. The van der Waals surface area contributed by atoms with E-state index in [1.165, 1.54) is 0 Å². The van der Waals surface area contributed by atoms with Crippen LogP contribution in [0.1, 0.15) is 0 Å². The summed E-state index contributed by atoms with van der Waals surface area (Å²) in [6.45, 7) is 1.11. The Labute approximate surface area is 73.4 Å². The van der Waals surface area contributed by atoms with Crippen molar-refractivity contribution in [3.8, 4) is 0 Å². The summed E-state index contributed by atoms with van der Waals surface area (Å²) in [6, 6.07) is 0. The molecule has 0 aromatic carbocycles. The third-order valence-corrected chi connectivity index (χ3v) is 0.771. The van der Waals surface area contributed by atoms with Crippen LogP contribution in [0.5, 0.6) is 0 Å². The van der Waals surface area contributed by atoms with Gasteiger partial charge in [0.05, 0.1) is 27.7 Å². The minimum atomic E-state index is 0. The summed E-state index contributed by atoms with van der Waals surface area (Å²) in [6.07, 6.45) is 0. The molecule has 0 saturated carbocycles. The van der Waals surface area contributed by atoms with Gasteiger partial charge in [-0.15, -0.1) is 0 Å². The van der Waals surface area contributed by atoms with Gasteiger partial charge in [0.15, 0.2) is 0 Å². The third kappa shape index (κ3) is 10.0. The summed E-state index contributed by atoms with van der Waals surface area (Å²) in [5.74, 6) is 0. The average Bonchev–Trinajstić information content (AvgIpc) is 1.30. The molecule has 0 atom stereocenters. The van der Waals surface area contributed by atoms with Crippen LogP contribution >= 0.6 is 0 Å². The van der Waals surface area contributed by atoms with Gasteiger partial charge in [-0.3, -0.25) is 0 Å². The van der Waals surface area contributed by atoms with Crippen LogP contribution in [0.2, 0.25) is 0 Å². The zero-order valence-corrected chi connectivity index (χ0v) is 8.31. The third-order valence-electron chi connectivity index (χ3n) is 0.771. The second-order valence-corrected chi connectivity index (χ2v) is 2.74. The summed E-state index contributed by atoms with van der Waals surface area (Å²) in [5.41, 5.74) is 0.